The van der Waals surface area contributed by atoms with Crippen LogP contribution in [0.2, 0.25) is 0 Å². The van der Waals surface area contributed by atoms with Gasteiger partial charge in [-0.05, 0) is 37.6 Å². The van der Waals surface area contributed by atoms with Crippen LogP contribution < -0.4 is 10.5 Å². The summed E-state index contributed by atoms with van der Waals surface area (Å²) in [6.45, 7) is 1.93. The van der Waals surface area contributed by atoms with E-state index in [1.165, 1.54) is 37.7 Å². The standard InChI is InChI=1S/C16H26N2O/c1-18(13-16(17)10-4-3-5-11-16)12-14-6-8-15(19-2)9-7-14/h6-9H,3-5,10-13,17H2,1-2H3. The number of benzene rings is 1. The average Bonchev–Trinajstić information content (AvgIpc) is 2.39. The summed E-state index contributed by atoms with van der Waals surface area (Å²) in [5.74, 6) is 0.911. The molecule has 1 aliphatic carbocycles. The lowest BCUT2D eigenvalue weighted by Crippen LogP contribution is -2.50. The highest BCUT2D eigenvalue weighted by Crippen LogP contribution is 2.26. The van der Waals surface area contributed by atoms with Crippen molar-refractivity contribution in [3.05, 3.63) is 29.8 Å². The maximum atomic E-state index is 6.50. The SMILES string of the molecule is COc1ccc(CN(C)CC2(N)CCCCC2)cc1. The van der Waals surface area contributed by atoms with Crippen LogP contribution in [0.15, 0.2) is 24.3 Å². The summed E-state index contributed by atoms with van der Waals surface area (Å²) in [6, 6.07) is 8.28. The zero-order valence-electron chi connectivity index (χ0n) is 12.2. The second-order valence-corrected chi connectivity index (χ2v) is 5.94. The van der Waals surface area contributed by atoms with Crippen molar-refractivity contribution in [3.63, 3.8) is 0 Å². The van der Waals surface area contributed by atoms with Gasteiger partial charge in [0.1, 0.15) is 5.75 Å². The third-order valence-corrected chi connectivity index (χ3v) is 4.05. The molecule has 0 aromatic heterocycles. The van der Waals surface area contributed by atoms with Crippen molar-refractivity contribution in [3.8, 4) is 5.75 Å². The van der Waals surface area contributed by atoms with Crippen LogP contribution in [-0.4, -0.2) is 31.1 Å². The molecule has 1 fully saturated rings. The lowest BCUT2D eigenvalue weighted by molar-refractivity contribution is 0.193. The second kappa shape index (κ2) is 6.40. The normalized spacial score (nSPS) is 18.5. The van der Waals surface area contributed by atoms with Crippen LogP contribution in [0.3, 0.4) is 0 Å². The molecule has 106 valence electrons. The Hall–Kier alpha value is -1.06. The van der Waals surface area contributed by atoms with E-state index >= 15 is 0 Å². The predicted molar refractivity (Wildman–Crippen MR) is 79.3 cm³/mol. The summed E-state index contributed by atoms with van der Waals surface area (Å²) in [5, 5.41) is 0. The van der Waals surface area contributed by atoms with Gasteiger partial charge in [-0.15, -0.1) is 0 Å². The molecule has 1 aromatic rings. The predicted octanol–water partition coefficient (Wildman–Crippen LogP) is 2.79. The summed E-state index contributed by atoms with van der Waals surface area (Å²) in [4.78, 5) is 2.34. The van der Waals surface area contributed by atoms with Crippen LogP contribution in [0.25, 0.3) is 0 Å². The first kappa shape index (κ1) is 14.4. The Morgan fingerprint density at radius 1 is 1.16 bits per heavy atom. The van der Waals surface area contributed by atoms with Crippen LogP contribution in [0.5, 0.6) is 5.75 Å². The van der Waals surface area contributed by atoms with Gasteiger partial charge in [-0.2, -0.15) is 0 Å². The molecule has 3 heteroatoms. The van der Waals surface area contributed by atoms with Gasteiger partial charge in [0.05, 0.1) is 7.11 Å². The van der Waals surface area contributed by atoms with Gasteiger partial charge in [0.2, 0.25) is 0 Å². The van der Waals surface area contributed by atoms with Crippen LogP contribution >= 0.6 is 0 Å². The Bertz CT molecular complexity index is 382. The number of ether oxygens (including phenoxy) is 1. The molecule has 0 heterocycles. The number of hydrogen-bond donors (Lipinski definition) is 1. The average molecular weight is 262 g/mol. The number of nitrogens with two attached hydrogens (primary N) is 1. The van der Waals surface area contributed by atoms with E-state index in [9.17, 15) is 0 Å². The summed E-state index contributed by atoms with van der Waals surface area (Å²) in [5.41, 5.74) is 7.83. The minimum absolute atomic E-state index is 0.0273. The Morgan fingerprint density at radius 2 is 1.79 bits per heavy atom. The molecule has 3 nitrogen and oxygen atoms in total. The molecule has 0 radical (unpaired) electrons. The Kier molecular flexibility index (Phi) is 4.83. The number of nitrogens with zero attached hydrogens (tertiary/aromatic N) is 1. The molecule has 0 aliphatic heterocycles. The fourth-order valence-corrected chi connectivity index (χ4v) is 3.05. The largest absolute Gasteiger partial charge is 0.497 e. The van der Waals surface area contributed by atoms with Gasteiger partial charge in [-0.25, -0.2) is 0 Å². The van der Waals surface area contributed by atoms with E-state index in [0.29, 0.717) is 0 Å². The van der Waals surface area contributed by atoms with E-state index in [1.807, 2.05) is 12.1 Å². The number of likely N-dealkylation sites (N-methyl/N-ethyl adjacent to an activating group) is 1. The highest BCUT2D eigenvalue weighted by atomic mass is 16.5. The van der Waals surface area contributed by atoms with Gasteiger partial charge >= 0.3 is 0 Å². The van der Waals surface area contributed by atoms with E-state index in [-0.39, 0.29) is 5.54 Å². The van der Waals surface area contributed by atoms with Crippen LogP contribution in [0, 0.1) is 0 Å². The minimum Gasteiger partial charge on any atom is -0.497 e. The lowest BCUT2D eigenvalue weighted by atomic mass is 9.82. The molecule has 1 aliphatic rings. The minimum atomic E-state index is 0.0273. The van der Waals surface area contributed by atoms with Gasteiger partial charge in [-0.1, -0.05) is 31.4 Å². The molecule has 1 aromatic carbocycles. The molecule has 0 amide bonds. The topological polar surface area (TPSA) is 38.5 Å². The van der Waals surface area contributed by atoms with E-state index < -0.39 is 0 Å². The molecule has 0 unspecified atom stereocenters. The van der Waals surface area contributed by atoms with Crippen molar-refractivity contribution >= 4 is 0 Å². The molecule has 2 rings (SSSR count). The van der Waals surface area contributed by atoms with E-state index in [4.69, 9.17) is 10.5 Å². The number of rotatable bonds is 5. The Morgan fingerprint density at radius 3 is 2.37 bits per heavy atom. The van der Waals surface area contributed by atoms with Gasteiger partial charge in [0, 0.05) is 18.6 Å². The Balaban J connectivity index is 1.87. The fraction of sp³-hybridized carbons (Fsp3) is 0.625. The Labute approximate surface area is 116 Å². The summed E-state index contributed by atoms with van der Waals surface area (Å²) >= 11 is 0. The maximum absolute atomic E-state index is 6.50. The van der Waals surface area contributed by atoms with Crippen LogP contribution in [0.4, 0.5) is 0 Å². The van der Waals surface area contributed by atoms with Crippen LogP contribution in [0.1, 0.15) is 37.7 Å². The highest BCUT2D eigenvalue weighted by Gasteiger charge is 2.28. The lowest BCUT2D eigenvalue weighted by Gasteiger charge is -2.36. The molecule has 19 heavy (non-hydrogen) atoms. The van der Waals surface area contributed by atoms with Gasteiger partial charge in [0.15, 0.2) is 0 Å². The number of hydrogen-bond acceptors (Lipinski definition) is 3. The fourth-order valence-electron chi connectivity index (χ4n) is 3.05. The molecule has 0 spiro atoms. The van der Waals surface area contributed by atoms with Crippen molar-refractivity contribution in [1.82, 2.24) is 4.90 Å². The van der Waals surface area contributed by atoms with Crippen molar-refractivity contribution in [2.45, 2.75) is 44.2 Å². The zero-order chi connectivity index (χ0) is 13.7. The van der Waals surface area contributed by atoms with E-state index in [2.05, 4.69) is 24.1 Å². The van der Waals surface area contributed by atoms with Crippen molar-refractivity contribution < 1.29 is 4.74 Å². The van der Waals surface area contributed by atoms with E-state index in [0.717, 1.165) is 18.8 Å². The van der Waals surface area contributed by atoms with Gasteiger partial charge < -0.3 is 15.4 Å². The third-order valence-electron chi connectivity index (χ3n) is 4.05. The smallest absolute Gasteiger partial charge is 0.118 e. The first-order chi connectivity index (χ1) is 9.11. The van der Waals surface area contributed by atoms with Crippen molar-refractivity contribution in [2.24, 2.45) is 5.73 Å². The molecule has 2 N–H and O–H groups in total. The summed E-state index contributed by atoms with van der Waals surface area (Å²) < 4.78 is 5.18. The quantitative estimate of drug-likeness (QED) is 0.887. The molecule has 0 saturated heterocycles. The molecule has 0 bridgehead atoms. The molecule has 1 saturated carbocycles. The highest BCUT2D eigenvalue weighted by molar-refractivity contribution is 5.27. The molecule has 0 atom stereocenters. The zero-order valence-corrected chi connectivity index (χ0v) is 12.2. The van der Waals surface area contributed by atoms with Gasteiger partial charge in [0.25, 0.3) is 0 Å². The second-order valence-electron chi connectivity index (χ2n) is 5.94. The summed E-state index contributed by atoms with van der Waals surface area (Å²) in [6.07, 6.45) is 6.25. The molecular weight excluding hydrogens is 236 g/mol. The first-order valence-electron chi connectivity index (χ1n) is 7.22. The maximum Gasteiger partial charge on any atom is 0.118 e. The van der Waals surface area contributed by atoms with Gasteiger partial charge in [-0.3, -0.25) is 0 Å². The third kappa shape index (κ3) is 4.22. The molecular formula is C16H26N2O. The monoisotopic (exact) mass is 262 g/mol. The van der Waals surface area contributed by atoms with Crippen LogP contribution in [-0.2, 0) is 6.54 Å². The van der Waals surface area contributed by atoms with Crippen molar-refractivity contribution in [2.75, 3.05) is 20.7 Å². The van der Waals surface area contributed by atoms with E-state index in [1.54, 1.807) is 7.11 Å². The summed E-state index contributed by atoms with van der Waals surface area (Å²) in [7, 11) is 3.86. The first-order valence-corrected chi connectivity index (χ1v) is 7.22. The number of methoxy groups -OCH3 is 1. The van der Waals surface area contributed by atoms with Crippen molar-refractivity contribution in [1.29, 1.82) is 0 Å².